The van der Waals surface area contributed by atoms with Crippen LogP contribution in [0.1, 0.15) is 38.7 Å². The number of carbonyl (C=O) groups excluding carboxylic acids is 3. The zero-order valence-corrected chi connectivity index (χ0v) is 20.2. The van der Waals surface area contributed by atoms with Gasteiger partial charge in [0.15, 0.2) is 11.5 Å². The summed E-state index contributed by atoms with van der Waals surface area (Å²) in [6.07, 6.45) is 3.99. The van der Waals surface area contributed by atoms with Crippen molar-refractivity contribution in [1.29, 1.82) is 0 Å². The smallest absolute Gasteiger partial charge is 0.311 e. The fourth-order valence-corrected chi connectivity index (χ4v) is 7.05. The van der Waals surface area contributed by atoms with Crippen LogP contribution < -0.4 is 20.1 Å². The molecule has 9 nitrogen and oxygen atoms in total. The highest BCUT2D eigenvalue weighted by atomic mass is 16.5. The molecule has 1 aliphatic carbocycles. The monoisotopic (exact) mass is 469 g/mol. The van der Waals surface area contributed by atoms with E-state index >= 15 is 0 Å². The number of amides is 2. The standard InChI is InChI=1S/C25H31N3O6/c1-23(2)19(21(30)34-5)24(13-28-11-7-6-8-15(28)20(29)27-24)12-25(23)14-9-10-16(32-3)18(33-4)17(14)26-22(25)31/h8-10,19H,6-7,11-13H2,1-5H3,(H,26,31)(H,27,29)/t19-,24+,25+/m0/s1. The predicted octanol–water partition coefficient (Wildman–Crippen LogP) is 1.96. The van der Waals surface area contributed by atoms with Crippen LogP contribution in [-0.4, -0.2) is 62.6 Å². The van der Waals surface area contributed by atoms with Crippen molar-refractivity contribution >= 4 is 23.5 Å². The van der Waals surface area contributed by atoms with Crippen molar-refractivity contribution in [2.75, 3.05) is 39.7 Å². The Kier molecular flexibility index (Phi) is 4.90. The molecule has 9 heteroatoms. The van der Waals surface area contributed by atoms with Gasteiger partial charge in [-0.15, -0.1) is 0 Å². The third-order valence-corrected chi connectivity index (χ3v) is 8.40. The second kappa shape index (κ2) is 7.38. The molecule has 4 aliphatic rings. The molecule has 0 bridgehead atoms. The number of nitrogens with one attached hydrogen (secondary N) is 2. The molecule has 0 radical (unpaired) electrons. The minimum absolute atomic E-state index is 0.210. The van der Waals surface area contributed by atoms with E-state index in [9.17, 15) is 14.4 Å². The number of hydrogen-bond acceptors (Lipinski definition) is 7. The molecule has 2 spiro atoms. The Morgan fingerprint density at radius 1 is 1.15 bits per heavy atom. The Morgan fingerprint density at radius 2 is 1.91 bits per heavy atom. The van der Waals surface area contributed by atoms with Gasteiger partial charge in [0.2, 0.25) is 5.91 Å². The molecule has 3 heterocycles. The maximum absolute atomic E-state index is 13.9. The van der Waals surface area contributed by atoms with E-state index in [1.54, 1.807) is 13.2 Å². The fourth-order valence-electron chi connectivity index (χ4n) is 7.05. The molecule has 1 aromatic carbocycles. The molecule has 0 aromatic heterocycles. The number of hydrogen-bond donors (Lipinski definition) is 2. The van der Waals surface area contributed by atoms with Gasteiger partial charge in [-0.3, -0.25) is 14.4 Å². The van der Waals surface area contributed by atoms with Crippen molar-refractivity contribution in [2.45, 2.75) is 44.1 Å². The summed E-state index contributed by atoms with van der Waals surface area (Å²) >= 11 is 0. The lowest BCUT2D eigenvalue weighted by Gasteiger charge is -2.47. The quantitative estimate of drug-likeness (QED) is 0.652. The highest BCUT2D eigenvalue weighted by Crippen LogP contribution is 2.66. The van der Waals surface area contributed by atoms with Crippen molar-refractivity contribution in [1.82, 2.24) is 10.2 Å². The van der Waals surface area contributed by atoms with Crippen LogP contribution in [0.2, 0.25) is 0 Å². The molecule has 1 saturated carbocycles. The number of allylic oxidation sites excluding steroid dienone is 1. The summed E-state index contributed by atoms with van der Waals surface area (Å²) in [6.45, 7) is 5.01. The van der Waals surface area contributed by atoms with Gasteiger partial charge in [-0.2, -0.15) is 0 Å². The van der Waals surface area contributed by atoms with Crippen molar-refractivity contribution in [2.24, 2.45) is 11.3 Å². The summed E-state index contributed by atoms with van der Waals surface area (Å²) in [5, 5.41) is 6.19. The van der Waals surface area contributed by atoms with Gasteiger partial charge in [0.25, 0.3) is 5.91 Å². The number of fused-ring (bicyclic) bond motifs is 3. The normalized spacial score (nSPS) is 30.9. The van der Waals surface area contributed by atoms with E-state index in [1.807, 2.05) is 26.0 Å². The summed E-state index contributed by atoms with van der Waals surface area (Å²) in [5.41, 5.74) is -1.04. The molecule has 1 aromatic rings. The van der Waals surface area contributed by atoms with Gasteiger partial charge < -0.3 is 29.7 Å². The average molecular weight is 470 g/mol. The van der Waals surface area contributed by atoms with E-state index in [-0.39, 0.29) is 18.2 Å². The Morgan fingerprint density at radius 3 is 2.59 bits per heavy atom. The molecule has 2 fully saturated rings. The highest BCUT2D eigenvalue weighted by molar-refractivity contribution is 6.10. The first-order chi connectivity index (χ1) is 16.2. The van der Waals surface area contributed by atoms with Crippen LogP contribution in [-0.2, 0) is 24.5 Å². The zero-order valence-electron chi connectivity index (χ0n) is 20.2. The summed E-state index contributed by atoms with van der Waals surface area (Å²) < 4.78 is 16.3. The first-order valence-corrected chi connectivity index (χ1v) is 11.6. The third-order valence-electron chi connectivity index (χ3n) is 8.40. The van der Waals surface area contributed by atoms with E-state index < -0.39 is 28.3 Å². The fraction of sp³-hybridized carbons (Fsp3) is 0.560. The van der Waals surface area contributed by atoms with Crippen molar-refractivity contribution < 1.29 is 28.6 Å². The van der Waals surface area contributed by atoms with Crippen LogP contribution >= 0.6 is 0 Å². The van der Waals surface area contributed by atoms with Gasteiger partial charge in [-0.05, 0) is 36.3 Å². The topological polar surface area (TPSA) is 106 Å². The molecule has 0 unspecified atom stereocenters. The Hall–Kier alpha value is -3.23. The van der Waals surface area contributed by atoms with Gasteiger partial charge in [0, 0.05) is 13.1 Å². The number of anilines is 1. The molecule has 182 valence electrons. The van der Waals surface area contributed by atoms with E-state index in [0.717, 1.165) is 24.9 Å². The predicted molar refractivity (Wildman–Crippen MR) is 124 cm³/mol. The van der Waals surface area contributed by atoms with Gasteiger partial charge in [-0.1, -0.05) is 26.0 Å². The second-order valence-corrected chi connectivity index (χ2v) is 10.2. The lowest BCUT2D eigenvalue weighted by atomic mass is 9.61. The van der Waals surface area contributed by atoms with Crippen LogP contribution in [0.4, 0.5) is 5.69 Å². The van der Waals surface area contributed by atoms with E-state index in [2.05, 4.69) is 15.5 Å². The Bertz CT molecular complexity index is 1130. The van der Waals surface area contributed by atoms with Gasteiger partial charge >= 0.3 is 5.97 Å². The summed E-state index contributed by atoms with van der Waals surface area (Å²) in [7, 11) is 4.42. The number of ether oxygens (including phenoxy) is 3. The number of methoxy groups -OCH3 is 3. The van der Waals surface area contributed by atoms with Crippen molar-refractivity contribution in [3.8, 4) is 11.5 Å². The Labute approximate surface area is 198 Å². The molecular formula is C25H31N3O6. The molecule has 3 aliphatic heterocycles. The average Bonchev–Trinajstić information content (AvgIpc) is 3.20. The first-order valence-electron chi connectivity index (χ1n) is 11.6. The third kappa shape index (κ3) is 2.63. The van der Waals surface area contributed by atoms with E-state index in [0.29, 0.717) is 29.4 Å². The maximum atomic E-state index is 13.9. The minimum Gasteiger partial charge on any atom is -0.493 e. The van der Waals surface area contributed by atoms with E-state index in [1.165, 1.54) is 14.2 Å². The van der Waals surface area contributed by atoms with Crippen LogP contribution in [0.3, 0.4) is 0 Å². The zero-order chi connectivity index (χ0) is 24.5. The van der Waals surface area contributed by atoms with Crippen molar-refractivity contribution in [3.05, 3.63) is 29.5 Å². The largest absolute Gasteiger partial charge is 0.493 e. The molecule has 1 saturated heterocycles. The number of benzene rings is 1. The summed E-state index contributed by atoms with van der Waals surface area (Å²) in [4.78, 5) is 42.6. The molecule has 2 amide bonds. The molecule has 3 atom stereocenters. The van der Waals surface area contributed by atoms with Crippen LogP contribution in [0.15, 0.2) is 23.9 Å². The SMILES string of the molecule is COC(=O)[C@H]1C(C)(C)[C@@]2(C[C@@]13CN1CCCC=C1C(=O)N3)C(=O)Nc1c2ccc(OC)c1OC. The van der Waals surface area contributed by atoms with Crippen LogP contribution in [0.5, 0.6) is 11.5 Å². The summed E-state index contributed by atoms with van der Waals surface area (Å²) in [5.74, 6) is -0.679. The first kappa shape index (κ1) is 22.6. The second-order valence-electron chi connectivity index (χ2n) is 10.2. The van der Waals surface area contributed by atoms with Gasteiger partial charge in [-0.25, -0.2) is 0 Å². The molecular weight excluding hydrogens is 438 g/mol. The number of carbonyl (C=O) groups is 3. The number of nitrogens with zero attached hydrogens (tertiary/aromatic N) is 1. The minimum atomic E-state index is -1.09. The van der Waals surface area contributed by atoms with Crippen molar-refractivity contribution in [3.63, 3.8) is 0 Å². The highest BCUT2D eigenvalue weighted by Gasteiger charge is 2.74. The number of piperazine rings is 1. The summed E-state index contributed by atoms with van der Waals surface area (Å²) in [6, 6.07) is 3.64. The molecule has 34 heavy (non-hydrogen) atoms. The van der Waals surface area contributed by atoms with Gasteiger partial charge in [0.1, 0.15) is 0 Å². The number of esters is 1. The van der Waals surface area contributed by atoms with E-state index in [4.69, 9.17) is 14.2 Å². The van der Waals surface area contributed by atoms with Crippen LogP contribution in [0, 0.1) is 11.3 Å². The maximum Gasteiger partial charge on any atom is 0.311 e. The lowest BCUT2D eigenvalue weighted by molar-refractivity contribution is -0.154. The van der Waals surface area contributed by atoms with Crippen LogP contribution in [0.25, 0.3) is 0 Å². The number of rotatable bonds is 3. The molecule has 5 rings (SSSR count). The lowest BCUT2D eigenvalue weighted by Crippen LogP contribution is -2.66. The molecule has 2 N–H and O–H groups in total. The Balaban J connectivity index is 1.72. The van der Waals surface area contributed by atoms with Gasteiger partial charge in [0.05, 0.1) is 49.6 Å².